The van der Waals surface area contributed by atoms with Crippen LogP contribution >= 0.6 is 0 Å². The van der Waals surface area contributed by atoms with Crippen molar-refractivity contribution in [3.8, 4) is 0 Å². The molecule has 1 saturated carbocycles. The maximum absolute atomic E-state index is 3.62. The van der Waals surface area contributed by atoms with E-state index in [1.165, 1.54) is 37.8 Å². The zero-order valence-corrected chi connectivity index (χ0v) is 11.2. The third kappa shape index (κ3) is 3.57. The third-order valence-electron chi connectivity index (χ3n) is 3.97. The molecule has 1 aromatic rings. The van der Waals surface area contributed by atoms with Gasteiger partial charge in [0.15, 0.2) is 0 Å². The summed E-state index contributed by atoms with van der Waals surface area (Å²) in [6.07, 6.45) is 5.30. The second-order valence-electron chi connectivity index (χ2n) is 5.77. The Bertz CT molecular complexity index is 329. The molecule has 1 nitrogen and oxygen atoms in total. The van der Waals surface area contributed by atoms with Crippen molar-refractivity contribution in [1.29, 1.82) is 0 Å². The van der Waals surface area contributed by atoms with Gasteiger partial charge in [-0.2, -0.15) is 0 Å². The van der Waals surface area contributed by atoms with E-state index in [-0.39, 0.29) is 0 Å². The van der Waals surface area contributed by atoms with Crippen LogP contribution in [0, 0.1) is 11.3 Å². The van der Waals surface area contributed by atoms with Crippen molar-refractivity contribution >= 4 is 0 Å². The van der Waals surface area contributed by atoms with Gasteiger partial charge in [0.05, 0.1) is 0 Å². The van der Waals surface area contributed by atoms with Gasteiger partial charge in [-0.1, -0.05) is 44.2 Å². The van der Waals surface area contributed by atoms with Crippen LogP contribution in [0.4, 0.5) is 0 Å². The van der Waals surface area contributed by atoms with Crippen LogP contribution in [0.2, 0.25) is 0 Å². The van der Waals surface area contributed by atoms with E-state index in [9.17, 15) is 0 Å². The minimum absolute atomic E-state index is 0.455. The van der Waals surface area contributed by atoms with Crippen LogP contribution in [-0.2, 0) is 6.42 Å². The SMILES string of the molecule is CCCNCC(C)(Cc1ccccc1)C1CC1. The van der Waals surface area contributed by atoms with Gasteiger partial charge < -0.3 is 5.32 Å². The van der Waals surface area contributed by atoms with Gasteiger partial charge >= 0.3 is 0 Å². The highest BCUT2D eigenvalue weighted by molar-refractivity contribution is 5.17. The van der Waals surface area contributed by atoms with Crippen LogP contribution in [0.25, 0.3) is 0 Å². The second-order valence-corrected chi connectivity index (χ2v) is 5.77. The van der Waals surface area contributed by atoms with E-state index in [0.717, 1.165) is 12.5 Å². The molecule has 0 radical (unpaired) electrons. The van der Waals surface area contributed by atoms with E-state index in [2.05, 4.69) is 49.5 Å². The molecule has 1 unspecified atom stereocenters. The quantitative estimate of drug-likeness (QED) is 0.706. The molecule has 0 spiro atoms. The van der Waals surface area contributed by atoms with E-state index in [1.807, 2.05) is 0 Å². The van der Waals surface area contributed by atoms with Crippen LogP contribution in [0.1, 0.15) is 38.7 Å². The normalized spacial score (nSPS) is 18.9. The van der Waals surface area contributed by atoms with Crippen LogP contribution in [0.5, 0.6) is 0 Å². The monoisotopic (exact) mass is 231 g/mol. The summed E-state index contributed by atoms with van der Waals surface area (Å²) >= 11 is 0. The first-order valence-electron chi connectivity index (χ1n) is 6.99. The summed E-state index contributed by atoms with van der Waals surface area (Å²) in [4.78, 5) is 0. The summed E-state index contributed by atoms with van der Waals surface area (Å²) in [6.45, 7) is 7.01. The van der Waals surface area contributed by atoms with Crippen molar-refractivity contribution in [2.45, 2.75) is 39.5 Å². The predicted molar refractivity (Wildman–Crippen MR) is 74.1 cm³/mol. The highest BCUT2D eigenvalue weighted by Gasteiger charge is 2.40. The molecule has 2 rings (SSSR count). The molecule has 1 aliphatic rings. The zero-order valence-electron chi connectivity index (χ0n) is 11.2. The van der Waals surface area contributed by atoms with Crippen molar-refractivity contribution in [2.75, 3.05) is 13.1 Å². The maximum Gasteiger partial charge on any atom is 0.00110 e. The second kappa shape index (κ2) is 5.68. The fraction of sp³-hybridized carbons (Fsp3) is 0.625. The van der Waals surface area contributed by atoms with E-state index in [0.29, 0.717) is 5.41 Å². The van der Waals surface area contributed by atoms with Crippen molar-refractivity contribution in [3.05, 3.63) is 35.9 Å². The lowest BCUT2D eigenvalue weighted by molar-refractivity contribution is 0.256. The Kier molecular flexibility index (Phi) is 4.22. The number of hydrogen-bond acceptors (Lipinski definition) is 1. The van der Waals surface area contributed by atoms with Gasteiger partial charge in [0.25, 0.3) is 0 Å². The Balaban J connectivity index is 1.96. The molecule has 1 fully saturated rings. The molecule has 0 bridgehead atoms. The van der Waals surface area contributed by atoms with Gasteiger partial charge in [0.2, 0.25) is 0 Å². The number of benzene rings is 1. The van der Waals surface area contributed by atoms with Crippen LogP contribution in [0.15, 0.2) is 30.3 Å². The van der Waals surface area contributed by atoms with Gasteiger partial charge in [-0.05, 0) is 49.1 Å². The molecule has 1 atom stereocenters. The molecule has 94 valence electrons. The van der Waals surface area contributed by atoms with E-state index >= 15 is 0 Å². The summed E-state index contributed by atoms with van der Waals surface area (Å²) in [5, 5.41) is 3.62. The van der Waals surface area contributed by atoms with E-state index in [1.54, 1.807) is 0 Å². The molecule has 0 heterocycles. The number of rotatable bonds is 7. The molecule has 1 N–H and O–H groups in total. The minimum Gasteiger partial charge on any atom is -0.316 e. The van der Waals surface area contributed by atoms with Crippen LogP contribution in [0.3, 0.4) is 0 Å². The highest BCUT2D eigenvalue weighted by atomic mass is 14.9. The molecule has 17 heavy (non-hydrogen) atoms. The van der Waals surface area contributed by atoms with Crippen LogP contribution < -0.4 is 5.32 Å². The van der Waals surface area contributed by atoms with Gasteiger partial charge in [-0.15, -0.1) is 0 Å². The molecular formula is C16H25N. The fourth-order valence-corrected chi connectivity index (χ4v) is 2.74. The molecule has 1 aliphatic carbocycles. The van der Waals surface area contributed by atoms with Crippen molar-refractivity contribution in [3.63, 3.8) is 0 Å². The number of hydrogen-bond donors (Lipinski definition) is 1. The van der Waals surface area contributed by atoms with Crippen molar-refractivity contribution < 1.29 is 0 Å². The average Bonchev–Trinajstić information content (AvgIpc) is 3.15. The number of nitrogens with one attached hydrogen (secondary N) is 1. The first-order valence-corrected chi connectivity index (χ1v) is 6.99. The molecule has 0 amide bonds. The lowest BCUT2D eigenvalue weighted by Crippen LogP contribution is -2.36. The van der Waals surface area contributed by atoms with Gasteiger partial charge in [-0.25, -0.2) is 0 Å². The van der Waals surface area contributed by atoms with Gasteiger partial charge in [0, 0.05) is 6.54 Å². The van der Waals surface area contributed by atoms with E-state index < -0.39 is 0 Å². The summed E-state index contributed by atoms with van der Waals surface area (Å²) in [7, 11) is 0. The summed E-state index contributed by atoms with van der Waals surface area (Å²) < 4.78 is 0. The summed E-state index contributed by atoms with van der Waals surface area (Å²) in [5.74, 6) is 0.937. The topological polar surface area (TPSA) is 12.0 Å². The highest BCUT2D eigenvalue weighted by Crippen LogP contribution is 2.47. The Morgan fingerprint density at radius 3 is 2.53 bits per heavy atom. The Labute approximate surface area is 106 Å². The van der Waals surface area contributed by atoms with Gasteiger partial charge in [0.1, 0.15) is 0 Å². The standard InChI is InChI=1S/C16H25N/c1-3-11-17-13-16(2,15-9-10-15)12-14-7-5-4-6-8-14/h4-8,15,17H,3,9-13H2,1-2H3. The lowest BCUT2D eigenvalue weighted by Gasteiger charge is -2.30. The summed E-state index contributed by atoms with van der Waals surface area (Å²) in [5.41, 5.74) is 1.94. The van der Waals surface area contributed by atoms with E-state index in [4.69, 9.17) is 0 Å². The third-order valence-corrected chi connectivity index (χ3v) is 3.97. The molecule has 0 aromatic heterocycles. The molecule has 1 aromatic carbocycles. The maximum atomic E-state index is 3.62. The first kappa shape index (κ1) is 12.6. The molecule has 0 aliphatic heterocycles. The summed E-state index contributed by atoms with van der Waals surface area (Å²) in [6, 6.07) is 10.9. The van der Waals surface area contributed by atoms with Crippen LogP contribution in [-0.4, -0.2) is 13.1 Å². The molecule has 0 saturated heterocycles. The fourth-order valence-electron chi connectivity index (χ4n) is 2.74. The Morgan fingerprint density at radius 1 is 1.24 bits per heavy atom. The smallest absolute Gasteiger partial charge is 0.00110 e. The predicted octanol–water partition coefficient (Wildman–Crippen LogP) is 3.65. The molecule has 1 heteroatoms. The van der Waals surface area contributed by atoms with Crippen molar-refractivity contribution in [2.24, 2.45) is 11.3 Å². The Hall–Kier alpha value is -0.820. The largest absolute Gasteiger partial charge is 0.316 e. The minimum atomic E-state index is 0.455. The van der Waals surface area contributed by atoms with Gasteiger partial charge in [-0.3, -0.25) is 0 Å². The lowest BCUT2D eigenvalue weighted by atomic mass is 9.79. The van der Waals surface area contributed by atoms with Crippen molar-refractivity contribution in [1.82, 2.24) is 5.32 Å². The Morgan fingerprint density at radius 2 is 1.94 bits per heavy atom. The average molecular weight is 231 g/mol. The molecular weight excluding hydrogens is 206 g/mol. The first-order chi connectivity index (χ1) is 8.24. The zero-order chi connectivity index (χ0) is 12.1.